The highest BCUT2D eigenvalue weighted by Crippen LogP contribution is 1.88. The van der Waals surface area contributed by atoms with Crippen LogP contribution in [-0.4, -0.2) is 48.2 Å². The first-order valence-electron chi connectivity index (χ1n) is 3.51. The molecule has 0 radical (unpaired) electrons. The molecule has 0 spiro atoms. The van der Waals surface area contributed by atoms with Crippen LogP contribution >= 0.6 is 0 Å². The number of aliphatic imine (C=N–C) groups is 1. The van der Waals surface area contributed by atoms with Gasteiger partial charge in [-0.2, -0.15) is 8.42 Å². The van der Waals surface area contributed by atoms with Crippen molar-refractivity contribution in [1.82, 2.24) is 5.32 Å². The lowest BCUT2D eigenvalue weighted by Gasteiger charge is -1.95. The molecule has 0 aromatic carbocycles. The van der Waals surface area contributed by atoms with Crippen LogP contribution in [0.2, 0.25) is 0 Å². The molecule has 8 heteroatoms. The van der Waals surface area contributed by atoms with Gasteiger partial charge in [-0.05, 0) is 0 Å². The summed E-state index contributed by atoms with van der Waals surface area (Å²) in [7, 11) is -4.67. The van der Waals surface area contributed by atoms with Gasteiger partial charge in [0.05, 0.1) is 19.0 Å². The van der Waals surface area contributed by atoms with Crippen LogP contribution in [0, 0.1) is 0 Å². The third-order valence-electron chi connectivity index (χ3n) is 1.09. The predicted octanol–water partition coefficient (Wildman–Crippen LogP) is -1.28. The van der Waals surface area contributed by atoms with Gasteiger partial charge in [-0.3, -0.25) is 14.1 Å². The minimum atomic E-state index is -4.67. The Morgan fingerprint density at radius 3 is 2.31 bits per heavy atom. The van der Waals surface area contributed by atoms with Crippen molar-refractivity contribution in [2.75, 3.05) is 19.7 Å². The number of amidine groups is 1. The number of hydrogen-bond acceptors (Lipinski definition) is 5. The van der Waals surface area contributed by atoms with E-state index in [9.17, 15) is 0 Å². The molecule has 0 aromatic heterocycles. The minimum absolute atomic E-state index is 0.200. The molecule has 4 N–H and O–H groups in total. The molecule has 0 aromatic rings. The molecular formula is C5H12N2O5S. The summed E-state index contributed by atoms with van der Waals surface area (Å²) in [4.78, 5) is 4.07. The molecule has 0 saturated carbocycles. The molecule has 0 unspecified atom stereocenters. The largest absolute Gasteiger partial charge is 0.396 e. The Morgan fingerprint density at radius 2 is 2.00 bits per heavy atom. The van der Waals surface area contributed by atoms with Crippen molar-refractivity contribution in [3.05, 3.63) is 0 Å². The SMILES string of the molecule is O=S(=O)(O)O.OCCC1=NCCN1. The van der Waals surface area contributed by atoms with E-state index in [0.29, 0.717) is 6.42 Å². The van der Waals surface area contributed by atoms with Crippen molar-refractivity contribution < 1.29 is 22.6 Å². The summed E-state index contributed by atoms with van der Waals surface area (Å²) < 4.78 is 31.6. The predicted molar refractivity (Wildman–Crippen MR) is 46.2 cm³/mol. The Kier molecular flexibility index (Phi) is 5.55. The van der Waals surface area contributed by atoms with Crippen LogP contribution in [-0.2, 0) is 10.4 Å². The molecule has 1 aliphatic heterocycles. The molecule has 7 nitrogen and oxygen atoms in total. The maximum atomic E-state index is 8.74. The number of aliphatic hydroxyl groups excluding tert-OH is 1. The van der Waals surface area contributed by atoms with Crippen LogP contribution in [0.1, 0.15) is 6.42 Å². The second kappa shape index (κ2) is 5.86. The number of nitrogens with one attached hydrogen (secondary N) is 1. The molecule has 0 saturated heterocycles. The second-order valence-corrected chi connectivity index (χ2v) is 3.07. The van der Waals surface area contributed by atoms with E-state index in [-0.39, 0.29) is 6.61 Å². The van der Waals surface area contributed by atoms with Crippen molar-refractivity contribution in [1.29, 1.82) is 0 Å². The average molecular weight is 212 g/mol. The fourth-order valence-corrected chi connectivity index (χ4v) is 0.720. The summed E-state index contributed by atoms with van der Waals surface area (Å²) in [5, 5.41) is 11.5. The Hall–Kier alpha value is -0.700. The molecule has 0 bridgehead atoms. The van der Waals surface area contributed by atoms with Crippen molar-refractivity contribution in [3.8, 4) is 0 Å². The van der Waals surface area contributed by atoms with Gasteiger partial charge in [0, 0.05) is 13.0 Å². The van der Waals surface area contributed by atoms with Crippen LogP contribution in [0.3, 0.4) is 0 Å². The molecule has 0 atom stereocenters. The Labute approximate surface area is 76.1 Å². The van der Waals surface area contributed by atoms with E-state index >= 15 is 0 Å². The van der Waals surface area contributed by atoms with Crippen molar-refractivity contribution in [2.24, 2.45) is 4.99 Å². The van der Waals surface area contributed by atoms with Gasteiger partial charge in [-0.1, -0.05) is 0 Å². The Bertz CT molecular complexity index is 252. The highest BCUT2D eigenvalue weighted by molar-refractivity contribution is 7.79. The van der Waals surface area contributed by atoms with Crippen LogP contribution in [0.4, 0.5) is 0 Å². The lowest BCUT2D eigenvalue weighted by atomic mass is 10.4. The van der Waals surface area contributed by atoms with Gasteiger partial charge in [0.1, 0.15) is 0 Å². The Morgan fingerprint density at radius 1 is 1.46 bits per heavy atom. The fourth-order valence-electron chi connectivity index (χ4n) is 0.720. The van der Waals surface area contributed by atoms with E-state index < -0.39 is 10.4 Å². The van der Waals surface area contributed by atoms with E-state index in [1.54, 1.807) is 0 Å². The lowest BCUT2D eigenvalue weighted by Crippen LogP contribution is -2.19. The maximum Gasteiger partial charge on any atom is 0.394 e. The molecule has 0 fully saturated rings. The first-order chi connectivity index (χ1) is 5.93. The number of nitrogens with zero attached hydrogens (tertiary/aromatic N) is 1. The van der Waals surface area contributed by atoms with Crippen LogP contribution in [0.25, 0.3) is 0 Å². The molecule has 1 aliphatic rings. The molecular weight excluding hydrogens is 200 g/mol. The van der Waals surface area contributed by atoms with Gasteiger partial charge < -0.3 is 10.4 Å². The van der Waals surface area contributed by atoms with Gasteiger partial charge in [0.2, 0.25) is 0 Å². The highest BCUT2D eigenvalue weighted by Gasteiger charge is 2.01. The van der Waals surface area contributed by atoms with Gasteiger partial charge in [0.15, 0.2) is 0 Å². The third kappa shape index (κ3) is 11.3. The van der Waals surface area contributed by atoms with Crippen molar-refractivity contribution >= 4 is 16.2 Å². The van der Waals surface area contributed by atoms with Gasteiger partial charge in [-0.25, -0.2) is 0 Å². The summed E-state index contributed by atoms with van der Waals surface area (Å²) in [5.41, 5.74) is 0. The zero-order chi connectivity index (χ0) is 10.3. The summed E-state index contributed by atoms with van der Waals surface area (Å²) >= 11 is 0. The molecule has 1 rings (SSSR count). The number of rotatable bonds is 2. The summed E-state index contributed by atoms with van der Waals surface area (Å²) in [6.07, 6.45) is 0.681. The van der Waals surface area contributed by atoms with Crippen molar-refractivity contribution in [3.63, 3.8) is 0 Å². The van der Waals surface area contributed by atoms with Gasteiger partial charge in [0.25, 0.3) is 0 Å². The van der Waals surface area contributed by atoms with E-state index in [2.05, 4.69) is 10.3 Å². The van der Waals surface area contributed by atoms with E-state index in [4.69, 9.17) is 22.6 Å². The monoisotopic (exact) mass is 212 g/mol. The van der Waals surface area contributed by atoms with E-state index in [1.165, 1.54) is 0 Å². The van der Waals surface area contributed by atoms with Crippen LogP contribution in [0.15, 0.2) is 4.99 Å². The fraction of sp³-hybridized carbons (Fsp3) is 0.800. The smallest absolute Gasteiger partial charge is 0.394 e. The molecule has 0 aliphatic carbocycles. The quantitative estimate of drug-likeness (QED) is 0.423. The first kappa shape index (κ1) is 12.3. The van der Waals surface area contributed by atoms with Gasteiger partial charge >= 0.3 is 10.4 Å². The van der Waals surface area contributed by atoms with Crippen LogP contribution in [0.5, 0.6) is 0 Å². The zero-order valence-electron chi connectivity index (χ0n) is 6.84. The number of aliphatic hydroxyl groups is 1. The average Bonchev–Trinajstić information content (AvgIpc) is 2.36. The minimum Gasteiger partial charge on any atom is -0.396 e. The summed E-state index contributed by atoms with van der Waals surface area (Å²) in [5.74, 6) is 0.951. The van der Waals surface area contributed by atoms with Gasteiger partial charge in [-0.15, -0.1) is 0 Å². The van der Waals surface area contributed by atoms with E-state index in [1.807, 2.05) is 0 Å². The third-order valence-corrected chi connectivity index (χ3v) is 1.09. The number of hydrogen-bond donors (Lipinski definition) is 4. The standard InChI is InChI=1S/C5H10N2O.H2O4S/c8-4-1-5-6-2-3-7-5;1-5(2,3)4/h8H,1-4H2,(H,6,7);(H2,1,2,3,4). The molecule has 1 heterocycles. The van der Waals surface area contributed by atoms with Crippen molar-refractivity contribution in [2.45, 2.75) is 6.42 Å². The highest BCUT2D eigenvalue weighted by atomic mass is 32.3. The summed E-state index contributed by atoms with van der Waals surface area (Å²) in [6.45, 7) is 2.01. The molecule has 13 heavy (non-hydrogen) atoms. The summed E-state index contributed by atoms with van der Waals surface area (Å²) in [6, 6.07) is 0. The Balaban J connectivity index is 0.000000252. The molecule has 78 valence electrons. The normalized spacial score (nSPS) is 15.5. The van der Waals surface area contributed by atoms with Crippen LogP contribution < -0.4 is 5.32 Å². The first-order valence-corrected chi connectivity index (χ1v) is 4.91. The maximum absolute atomic E-state index is 8.74. The molecule has 0 amide bonds. The zero-order valence-corrected chi connectivity index (χ0v) is 7.66. The topological polar surface area (TPSA) is 119 Å². The lowest BCUT2D eigenvalue weighted by molar-refractivity contribution is 0.306. The van der Waals surface area contributed by atoms with E-state index in [0.717, 1.165) is 18.9 Å². The second-order valence-electron chi connectivity index (χ2n) is 2.18.